The SMILES string of the molecule is CONCc1c(C)nc2sc(C)cn12. The fourth-order valence-corrected chi connectivity index (χ4v) is 2.35. The second-order valence-corrected chi connectivity index (χ2v) is 4.38. The summed E-state index contributed by atoms with van der Waals surface area (Å²) < 4.78 is 2.11. The second-order valence-electron chi connectivity index (χ2n) is 3.16. The van der Waals surface area contributed by atoms with Gasteiger partial charge < -0.3 is 4.84 Å². The van der Waals surface area contributed by atoms with E-state index in [0.717, 1.165) is 16.3 Å². The van der Waals surface area contributed by atoms with Crippen molar-refractivity contribution in [2.75, 3.05) is 7.11 Å². The number of thiazole rings is 1. The van der Waals surface area contributed by atoms with E-state index in [4.69, 9.17) is 4.84 Å². The third kappa shape index (κ3) is 1.54. The molecule has 0 fully saturated rings. The van der Waals surface area contributed by atoms with E-state index >= 15 is 0 Å². The van der Waals surface area contributed by atoms with Crippen LogP contribution in [-0.2, 0) is 11.4 Å². The van der Waals surface area contributed by atoms with Gasteiger partial charge in [-0.2, -0.15) is 5.48 Å². The number of imidazole rings is 1. The number of hydrogen-bond donors (Lipinski definition) is 1. The molecular weight excluding hydrogens is 198 g/mol. The van der Waals surface area contributed by atoms with Crippen LogP contribution in [-0.4, -0.2) is 16.5 Å². The van der Waals surface area contributed by atoms with Crippen LogP contribution in [0.5, 0.6) is 0 Å². The van der Waals surface area contributed by atoms with Crippen molar-refractivity contribution in [2.45, 2.75) is 20.4 Å². The van der Waals surface area contributed by atoms with Gasteiger partial charge in [-0.05, 0) is 13.8 Å². The highest BCUT2D eigenvalue weighted by atomic mass is 32.1. The second kappa shape index (κ2) is 3.68. The smallest absolute Gasteiger partial charge is 0.194 e. The van der Waals surface area contributed by atoms with E-state index in [1.807, 2.05) is 6.92 Å². The van der Waals surface area contributed by atoms with Gasteiger partial charge in [0.25, 0.3) is 0 Å². The van der Waals surface area contributed by atoms with Crippen LogP contribution in [0.15, 0.2) is 6.20 Å². The van der Waals surface area contributed by atoms with Gasteiger partial charge in [0.05, 0.1) is 25.0 Å². The van der Waals surface area contributed by atoms with Crippen molar-refractivity contribution in [3.8, 4) is 0 Å². The molecule has 2 aromatic rings. The van der Waals surface area contributed by atoms with Gasteiger partial charge in [0.1, 0.15) is 0 Å². The van der Waals surface area contributed by atoms with E-state index in [-0.39, 0.29) is 0 Å². The molecule has 0 aromatic carbocycles. The molecule has 2 rings (SSSR count). The summed E-state index contributed by atoms with van der Waals surface area (Å²) in [6, 6.07) is 0. The Morgan fingerprint density at radius 2 is 2.36 bits per heavy atom. The Labute approximate surface area is 86.5 Å². The Balaban J connectivity index is 2.43. The van der Waals surface area contributed by atoms with E-state index < -0.39 is 0 Å². The van der Waals surface area contributed by atoms with Gasteiger partial charge in [0, 0.05) is 11.1 Å². The molecule has 76 valence electrons. The van der Waals surface area contributed by atoms with Gasteiger partial charge in [0.2, 0.25) is 0 Å². The first-order valence-electron chi connectivity index (χ1n) is 4.42. The van der Waals surface area contributed by atoms with Crippen molar-refractivity contribution in [2.24, 2.45) is 0 Å². The Bertz CT molecular complexity index is 446. The van der Waals surface area contributed by atoms with Gasteiger partial charge in [0.15, 0.2) is 4.96 Å². The van der Waals surface area contributed by atoms with Gasteiger partial charge in [-0.1, -0.05) is 0 Å². The molecule has 0 saturated carbocycles. The molecule has 0 saturated heterocycles. The van der Waals surface area contributed by atoms with Crippen LogP contribution < -0.4 is 5.48 Å². The lowest BCUT2D eigenvalue weighted by Gasteiger charge is -2.01. The van der Waals surface area contributed by atoms with Crippen molar-refractivity contribution in [1.82, 2.24) is 14.9 Å². The minimum absolute atomic E-state index is 0.680. The number of nitrogens with zero attached hydrogens (tertiary/aromatic N) is 2. The minimum Gasteiger partial charge on any atom is -0.305 e. The summed E-state index contributed by atoms with van der Waals surface area (Å²) in [5.41, 5.74) is 5.05. The van der Waals surface area contributed by atoms with E-state index in [9.17, 15) is 0 Å². The van der Waals surface area contributed by atoms with Crippen molar-refractivity contribution in [3.05, 3.63) is 22.5 Å². The molecule has 5 heteroatoms. The third-order valence-corrected chi connectivity index (χ3v) is 3.02. The summed E-state index contributed by atoms with van der Waals surface area (Å²) in [5, 5.41) is 0. The normalized spacial score (nSPS) is 11.4. The van der Waals surface area contributed by atoms with Crippen LogP contribution in [0, 0.1) is 13.8 Å². The number of aryl methyl sites for hydroxylation is 2. The zero-order valence-electron chi connectivity index (χ0n) is 8.50. The lowest BCUT2D eigenvalue weighted by Crippen LogP contribution is -2.13. The monoisotopic (exact) mass is 211 g/mol. The topological polar surface area (TPSA) is 38.6 Å². The summed E-state index contributed by atoms with van der Waals surface area (Å²) in [5.74, 6) is 0. The van der Waals surface area contributed by atoms with Crippen molar-refractivity contribution < 1.29 is 4.84 Å². The maximum Gasteiger partial charge on any atom is 0.194 e. The highest BCUT2D eigenvalue weighted by Crippen LogP contribution is 2.20. The third-order valence-electron chi connectivity index (χ3n) is 2.12. The lowest BCUT2D eigenvalue weighted by molar-refractivity contribution is 0.0855. The predicted octanol–water partition coefficient (Wildman–Crippen LogP) is 1.66. The van der Waals surface area contributed by atoms with Gasteiger partial charge in [-0.3, -0.25) is 4.40 Å². The van der Waals surface area contributed by atoms with E-state index in [0.29, 0.717) is 6.54 Å². The Morgan fingerprint density at radius 3 is 3.07 bits per heavy atom. The molecule has 0 bridgehead atoms. The molecule has 0 radical (unpaired) electrons. The number of nitrogens with one attached hydrogen (secondary N) is 1. The highest BCUT2D eigenvalue weighted by molar-refractivity contribution is 7.17. The van der Waals surface area contributed by atoms with Crippen LogP contribution in [0.2, 0.25) is 0 Å². The molecule has 1 N–H and O–H groups in total. The molecule has 0 aliphatic rings. The summed E-state index contributed by atoms with van der Waals surface area (Å²) in [6.07, 6.45) is 2.10. The standard InChI is InChI=1S/C9H13N3OS/c1-6-5-12-8(4-10-13-3)7(2)11-9(12)14-6/h5,10H,4H2,1-3H3. The maximum atomic E-state index is 4.84. The zero-order valence-corrected chi connectivity index (χ0v) is 9.31. The minimum atomic E-state index is 0.680. The first kappa shape index (κ1) is 9.64. The molecule has 0 aliphatic carbocycles. The average molecular weight is 211 g/mol. The van der Waals surface area contributed by atoms with Crippen LogP contribution in [0.4, 0.5) is 0 Å². The number of aromatic nitrogens is 2. The van der Waals surface area contributed by atoms with Crippen LogP contribution in [0.3, 0.4) is 0 Å². The molecule has 0 aliphatic heterocycles. The highest BCUT2D eigenvalue weighted by Gasteiger charge is 2.09. The summed E-state index contributed by atoms with van der Waals surface area (Å²) in [4.78, 5) is 11.6. The van der Waals surface area contributed by atoms with E-state index in [1.165, 1.54) is 4.88 Å². The van der Waals surface area contributed by atoms with Crippen LogP contribution in [0.25, 0.3) is 4.96 Å². The number of hydrogen-bond acceptors (Lipinski definition) is 4. The zero-order chi connectivity index (χ0) is 10.1. The molecular formula is C9H13N3OS. The average Bonchev–Trinajstić information content (AvgIpc) is 2.58. The van der Waals surface area contributed by atoms with Crippen LogP contribution in [0.1, 0.15) is 16.3 Å². The van der Waals surface area contributed by atoms with Crippen molar-refractivity contribution in [3.63, 3.8) is 0 Å². The molecule has 2 aromatic heterocycles. The summed E-state index contributed by atoms with van der Waals surface area (Å²) >= 11 is 1.70. The first-order chi connectivity index (χ1) is 6.72. The molecule has 0 atom stereocenters. The van der Waals surface area contributed by atoms with Crippen molar-refractivity contribution in [1.29, 1.82) is 0 Å². The molecule has 0 amide bonds. The molecule has 0 unspecified atom stereocenters. The molecule has 14 heavy (non-hydrogen) atoms. The van der Waals surface area contributed by atoms with E-state index in [1.54, 1.807) is 18.4 Å². The van der Waals surface area contributed by atoms with Crippen molar-refractivity contribution >= 4 is 16.3 Å². The Morgan fingerprint density at radius 1 is 1.57 bits per heavy atom. The molecule has 2 heterocycles. The molecule has 0 spiro atoms. The summed E-state index contributed by atoms with van der Waals surface area (Å²) in [7, 11) is 1.62. The number of rotatable bonds is 3. The van der Waals surface area contributed by atoms with Gasteiger partial charge in [-0.15, -0.1) is 11.3 Å². The quantitative estimate of drug-likeness (QED) is 0.785. The largest absolute Gasteiger partial charge is 0.305 e. The van der Waals surface area contributed by atoms with Crippen LogP contribution >= 0.6 is 11.3 Å². The lowest BCUT2D eigenvalue weighted by atomic mass is 10.3. The molecule has 4 nitrogen and oxygen atoms in total. The first-order valence-corrected chi connectivity index (χ1v) is 5.24. The number of hydroxylamine groups is 1. The van der Waals surface area contributed by atoms with E-state index in [2.05, 4.69) is 28.0 Å². The number of fused-ring (bicyclic) bond motifs is 1. The fraction of sp³-hybridized carbons (Fsp3) is 0.444. The Hall–Kier alpha value is -0.910. The predicted molar refractivity (Wildman–Crippen MR) is 56.4 cm³/mol. The Kier molecular flexibility index (Phi) is 2.54. The summed E-state index contributed by atoms with van der Waals surface area (Å²) in [6.45, 7) is 4.78. The van der Waals surface area contributed by atoms with Gasteiger partial charge in [-0.25, -0.2) is 4.98 Å². The van der Waals surface area contributed by atoms with Gasteiger partial charge >= 0.3 is 0 Å². The fourth-order valence-electron chi connectivity index (χ4n) is 1.46. The maximum absolute atomic E-state index is 4.84.